The molecule has 0 saturated carbocycles. The first-order valence-electron chi connectivity index (χ1n) is 9.17. The fourth-order valence-electron chi connectivity index (χ4n) is 4.11. The molecule has 1 aromatic carbocycles. The standard InChI is InChI=1S/C18H28N4O3S.K/c1-12(11-22(2)3)20-26(24,25)21-18(23)19-17-15-8-4-6-13(15)10-14-7-5-9-16(14)17;/h10,12,20H,4-9,11H2,1-3H3,(H2,19,21,23);. The Morgan fingerprint density at radius 3 is 2.19 bits per heavy atom. The zero-order valence-electron chi connectivity index (χ0n) is 16.7. The Morgan fingerprint density at radius 2 is 1.67 bits per heavy atom. The van der Waals surface area contributed by atoms with Crippen LogP contribution in [0.15, 0.2) is 6.07 Å². The Morgan fingerprint density at radius 1 is 1.11 bits per heavy atom. The van der Waals surface area contributed by atoms with Gasteiger partial charge in [-0.15, -0.1) is 0 Å². The van der Waals surface area contributed by atoms with Crippen LogP contribution < -0.4 is 14.8 Å². The van der Waals surface area contributed by atoms with Gasteiger partial charge in [0.1, 0.15) is 0 Å². The SMILES string of the molecule is CC(CN(C)C)NS(=O)(=O)NC(=O)Nc1c2c(cc3c1CCC3)CCC2.[K]. The molecule has 1 unspecified atom stereocenters. The number of carbonyl (C=O) groups is 1. The van der Waals surface area contributed by atoms with Crippen molar-refractivity contribution in [1.82, 2.24) is 14.3 Å². The average Bonchev–Trinajstić information content (AvgIpc) is 3.12. The molecular formula is C18H28KN4O3S. The van der Waals surface area contributed by atoms with E-state index in [9.17, 15) is 13.2 Å². The van der Waals surface area contributed by atoms with E-state index in [0.717, 1.165) is 44.2 Å². The second-order valence-corrected chi connectivity index (χ2v) is 9.02. The third-order valence-electron chi connectivity index (χ3n) is 4.93. The first-order valence-corrected chi connectivity index (χ1v) is 10.7. The molecule has 3 rings (SSSR count). The van der Waals surface area contributed by atoms with Crippen LogP contribution in [-0.2, 0) is 35.9 Å². The minimum Gasteiger partial charge on any atom is -0.308 e. The summed E-state index contributed by atoms with van der Waals surface area (Å²) in [6, 6.07) is 1.26. The number of amides is 2. The first-order chi connectivity index (χ1) is 12.2. The number of nitrogens with zero attached hydrogens (tertiary/aromatic N) is 1. The quantitative estimate of drug-likeness (QED) is 0.604. The maximum atomic E-state index is 12.4. The van der Waals surface area contributed by atoms with E-state index in [4.69, 9.17) is 0 Å². The molecular weight excluding hydrogens is 391 g/mol. The second kappa shape index (κ2) is 9.66. The van der Waals surface area contributed by atoms with Crippen molar-refractivity contribution in [2.45, 2.75) is 51.5 Å². The van der Waals surface area contributed by atoms with Gasteiger partial charge in [-0.1, -0.05) is 6.07 Å². The fraction of sp³-hybridized carbons (Fsp3) is 0.611. The molecule has 145 valence electrons. The molecule has 0 heterocycles. The van der Waals surface area contributed by atoms with E-state index in [2.05, 4.69) is 20.8 Å². The van der Waals surface area contributed by atoms with Gasteiger partial charge in [-0.05, 0) is 81.8 Å². The predicted molar refractivity (Wildman–Crippen MR) is 108 cm³/mol. The van der Waals surface area contributed by atoms with E-state index in [0.29, 0.717) is 6.54 Å². The summed E-state index contributed by atoms with van der Waals surface area (Å²) in [6.07, 6.45) is 6.08. The summed E-state index contributed by atoms with van der Waals surface area (Å²) in [4.78, 5) is 14.3. The molecule has 2 aliphatic carbocycles. The fourth-order valence-corrected chi connectivity index (χ4v) is 5.07. The Balaban J connectivity index is 0.00000261. The summed E-state index contributed by atoms with van der Waals surface area (Å²) in [6.45, 7) is 2.30. The van der Waals surface area contributed by atoms with Crippen molar-refractivity contribution in [3.05, 3.63) is 28.3 Å². The van der Waals surface area contributed by atoms with Gasteiger partial charge in [-0.25, -0.2) is 9.52 Å². The van der Waals surface area contributed by atoms with Crippen molar-refractivity contribution in [2.75, 3.05) is 26.0 Å². The van der Waals surface area contributed by atoms with E-state index < -0.39 is 16.2 Å². The number of nitrogens with one attached hydrogen (secondary N) is 3. The number of anilines is 1. The number of urea groups is 1. The minimum absolute atomic E-state index is 0. The van der Waals surface area contributed by atoms with E-state index >= 15 is 0 Å². The van der Waals surface area contributed by atoms with Gasteiger partial charge in [-0.3, -0.25) is 0 Å². The molecule has 0 aromatic heterocycles. The number of fused-ring (bicyclic) bond motifs is 2. The van der Waals surface area contributed by atoms with Crippen LogP contribution in [0.3, 0.4) is 0 Å². The molecule has 0 bridgehead atoms. The molecule has 1 radical (unpaired) electrons. The van der Waals surface area contributed by atoms with Crippen molar-refractivity contribution in [1.29, 1.82) is 0 Å². The van der Waals surface area contributed by atoms with Crippen LogP contribution in [0.2, 0.25) is 0 Å². The summed E-state index contributed by atoms with van der Waals surface area (Å²) in [7, 11) is -0.187. The predicted octanol–water partition coefficient (Wildman–Crippen LogP) is 1.19. The number of benzene rings is 1. The van der Waals surface area contributed by atoms with E-state index in [-0.39, 0.29) is 57.4 Å². The molecule has 0 saturated heterocycles. The van der Waals surface area contributed by atoms with Crippen LogP contribution in [0, 0.1) is 0 Å². The molecule has 3 N–H and O–H groups in total. The van der Waals surface area contributed by atoms with Crippen LogP contribution in [0.4, 0.5) is 10.5 Å². The zero-order valence-corrected chi connectivity index (χ0v) is 20.6. The monoisotopic (exact) mass is 419 g/mol. The molecule has 9 heteroatoms. The molecule has 2 aliphatic rings. The minimum atomic E-state index is -3.91. The van der Waals surface area contributed by atoms with Crippen molar-refractivity contribution < 1.29 is 13.2 Å². The van der Waals surface area contributed by atoms with Crippen LogP contribution in [0.25, 0.3) is 0 Å². The van der Waals surface area contributed by atoms with Gasteiger partial charge in [0, 0.05) is 69.7 Å². The van der Waals surface area contributed by atoms with Gasteiger partial charge >= 0.3 is 16.2 Å². The number of likely N-dealkylation sites (N-methyl/N-ethyl adjacent to an activating group) is 1. The molecule has 1 aromatic rings. The number of carbonyl (C=O) groups excluding carboxylic acids is 1. The number of aryl methyl sites for hydroxylation is 2. The third-order valence-corrected chi connectivity index (χ3v) is 6.10. The van der Waals surface area contributed by atoms with Gasteiger partial charge < -0.3 is 10.2 Å². The van der Waals surface area contributed by atoms with Gasteiger partial charge in [-0.2, -0.15) is 13.1 Å². The van der Waals surface area contributed by atoms with Crippen molar-refractivity contribution in [2.24, 2.45) is 0 Å². The number of hydrogen-bond donors (Lipinski definition) is 3. The summed E-state index contributed by atoms with van der Waals surface area (Å²) in [5, 5.41) is 2.83. The van der Waals surface area contributed by atoms with Crippen LogP contribution >= 0.6 is 0 Å². The maximum absolute atomic E-state index is 12.4. The van der Waals surface area contributed by atoms with Crippen molar-refractivity contribution in [3.8, 4) is 0 Å². The van der Waals surface area contributed by atoms with E-state index in [1.165, 1.54) is 22.3 Å². The van der Waals surface area contributed by atoms with Gasteiger partial charge in [0.15, 0.2) is 0 Å². The molecule has 27 heavy (non-hydrogen) atoms. The van der Waals surface area contributed by atoms with Crippen LogP contribution in [0.5, 0.6) is 0 Å². The molecule has 0 fully saturated rings. The zero-order chi connectivity index (χ0) is 18.9. The van der Waals surface area contributed by atoms with E-state index in [1.54, 1.807) is 6.92 Å². The Kier molecular flexibility index (Phi) is 8.33. The van der Waals surface area contributed by atoms with Crippen LogP contribution in [-0.4, -0.2) is 97.4 Å². The normalized spacial score (nSPS) is 16.4. The Labute approximate surface area is 204 Å². The van der Waals surface area contributed by atoms with E-state index in [1.807, 2.05) is 19.0 Å². The van der Waals surface area contributed by atoms with Gasteiger partial charge in [0.2, 0.25) is 0 Å². The molecule has 0 spiro atoms. The molecule has 1 atom stereocenters. The summed E-state index contributed by atoms with van der Waals surface area (Å²) < 4.78 is 28.9. The molecule has 7 nitrogen and oxygen atoms in total. The average molecular weight is 420 g/mol. The van der Waals surface area contributed by atoms with Gasteiger partial charge in [0.05, 0.1) is 0 Å². The van der Waals surface area contributed by atoms with Crippen LogP contribution in [0.1, 0.15) is 42.0 Å². The molecule has 0 aliphatic heterocycles. The third kappa shape index (κ3) is 5.99. The maximum Gasteiger partial charge on any atom is 0.333 e. The first kappa shape index (κ1) is 23.3. The topological polar surface area (TPSA) is 90.5 Å². The summed E-state index contributed by atoms with van der Waals surface area (Å²) in [5.41, 5.74) is 5.77. The van der Waals surface area contributed by atoms with Gasteiger partial charge in [0.25, 0.3) is 0 Å². The number of rotatable bonds is 6. The van der Waals surface area contributed by atoms with Crippen molar-refractivity contribution >= 4 is 73.3 Å². The Hall–Kier alpha value is -0.00364. The molecule has 2 amide bonds. The summed E-state index contributed by atoms with van der Waals surface area (Å²) in [5.74, 6) is 0. The largest absolute Gasteiger partial charge is 0.333 e. The number of hydrogen-bond acceptors (Lipinski definition) is 4. The Bertz CT molecular complexity index is 779. The second-order valence-electron chi connectivity index (χ2n) is 7.57. The summed E-state index contributed by atoms with van der Waals surface area (Å²) >= 11 is 0. The smallest absolute Gasteiger partial charge is 0.308 e. The van der Waals surface area contributed by atoms with Crippen molar-refractivity contribution in [3.63, 3.8) is 0 Å².